The summed E-state index contributed by atoms with van der Waals surface area (Å²) in [6.07, 6.45) is 3.60. The van der Waals surface area contributed by atoms with E-state index in [-0.39, 0.29) is 12.2 Å². The Morgan fingerprint density at radius 3 is 2.86 bits per heavy atom. The molecule has 2 aliphatic heterocycles. The van der Waals surface area contributed by atoms with Crippen LogP contribution in [0.3, 0.4) is 0 Å². The zero-order valence-corrected chi connectivity index (χ0v) is 22.7. The van der Waals surface area contributed by atoms with Crippen LogP contribution in [-0.4, -0.2) is 59.5 Å². The van der Waals surface area contributed by atoms with Gasteiger partial charge in [-0.1, -0.05) is 45.2 Å². The van der Waals surface area contributed by atoms with Crippen molar-refractivity contribution in [3.05, 3.63) is 73.3 Å². The van der Waals surface area contributed by atoms with Gasteiger partial charge in [-0.25, -0.2) is 14.6 Å². The minimum atomic E-state index is -1.03. The van der Waals surface area contributed by atoms with Crippen LogP contribution in [0.2, 0.25) is 10.0 Å². The van der Waals surface area contributed by atoms with Crippen molar-refractivity contribution < 1.29 is 24.2 Å². The molecule has 1 aromatic heterocycles. The number of aliphatic carboxylic acids is 1. The van der Waals surface area contributed by atoms with Crippen LogP contribution >= 0.6 is 50.5 Å². The van der Waals surface area contributed by atoms with Crippen molar-refractivity contribution in [3.8, 4) is 0 Å². The maximum absolute atomic E-state index is 12.7. The van der Waals surface area contributed by atoms with Gasteiger partial charge in [0.2, 0.25) is 0 Å². The summed E-state index contributed by atoms with van der Waals surface area (Å²) in [6, 6.07) is 4.28. The lowest BCUT2D eigenvalue weighted by atomic mass is 9.96. The quantitative estimate of drug-likeness (QED) is 0.242. The number of esters is 1. The van der Waals surface area contributed by atoms with Crippen molar-refractivity contribution in [1.82, 2.24) is 15.6 Å². The summed E-state index contributed by atoms with van der Waals surface area (Å²) in [5.74, 6) is -1.09. The highest BCUT2D eigenvalue weighted by atomic mass is 79.9. The SMILES string of the molecule is COC(=O)C1=C(CBr)NC(c2ncc(C3CNC[C@@H](/C=C/C(=O)O)O3)s2)=N[C@H]1c1ccc(Cl)cc1Cl. The van der Waals surface area contributed by atoms with Crippen LogP contribution in [0.4, 0.5) is 0 Å². The Bertz CT molecular complexity index is 1260. The number of carbonyl (C=O) groups excluding carboxylic acids is 1. The maximum atomic E-state index is 12.7. The summed E-state index contributed by atoms with van der Waals surface area (Å²) in [7, 11) is 1.31. The largest absolute Gasteiger partial charge is 0.478 e. The number of hydrogen-bond donors (Lipinski definition) is 3. The molecule has 1 aromatic carbocycles. The molecular weight excluding hydrogens is 595 g/mol. The number of aliphatic imine (C=N–C) groups is 1. The van der Waals surface area contributed by atoms with Crippen LogP contribution in [0.15, 0.2) is 52.8 Å². The van der Waals surface area contributed by atoms with Gasteiger partial charge in [0.05, 0.1) is 23.7 Å². The number of carboxylic acids is 1. The predicted octanol–water partition coefficient (Wildman–Crippen LogP) is 4.03. The van der Waals surface area contributed by atoms with Gasteiger partial charge >= 0.3 is 11.9 Å². The first-order chi connectivity index (χ1) is 17.3. The van der Waals surface area contributed by atoms with Crippen molar-refractivity contribution in [1.29, 1.82) is 0 Å². The fourth-order valence-corrected chi connectivity index (χ4v) is 5.65. The molecule has 9 nitrogen and oxygen atoms in total. The first-order valence-corrected chi connectivity index (χ1v) is 13.4. The van der Waals surface area contributed by atoms with Crippen molar-refractivity contribution in [2.45, 2.75) is 18.2 Å². The molecule has 3 N–H and O–H groups in total. The number of allylic oxidation sites excluding steroid dienone is 1. The summed E-state index contributed by atoms with van der Waals surface area (Å²) in [4.78, 5) is 33.7. The third-order valence-corrected chi connectivity index (χ3v) is 7.65. The lowest BCUT2D eigenvalue weighted by molar-refractivity contribution is -0.136. The summed E-state index contributed by atoms with van der Waals surface area (Å²) in [5, 5.41) is 17.1. The number of halogens is 3. The van der Waals surface area contributed by atoms with Crippen molar-refractivity contribution in [3.63, 3.8) is 0 Å². The first kappa shape index (κ1) is 26.8. The number of hydrogen-bond acceptors (Lipinski definition) is 9. The molecule has 1 fully saturated rings. The van der Waals surface area contributed by atoms with Gasteiger partial charge in [0.1, 0.15) is 12.1 Å². The highest BCUT2D eigenvalue weighted by Gasteiger charge is 2.34. The second-order valence-corrected chi connectivity index (χ2v) is 10.2. The molecule has 190 valence electrons. The molecule has 2 aliphatic rings. The third kappa shape index (κ3) is 5.99. The standard InChI is InChI=1S/C23H21BrCl2N4O5S/c1-34-23(33)19-15(7-24)29-21(30-20(19)13-4-2-11(25)6-14(13)26)22-28-10-17(36-22)16-9-27-8-12(35-16)3-5-18(31)32/h2-6,10,12,16,20,27H,7-9H2,1H3,(H,29,30)(H,31,32)/b5-3+/t12-,16?,20+/m1/s1. The zero-order chi connectivity index (χ0) is 25.8. The number of aromatic nitrogens is 1. The predicted molar refractivity (Wildman–Crippen MR) is 141 cm³/mol. The van der Waals surface area contributed by atoms with Crippen LogP contribution in [-0.2, 0) is 19.1 Å². The lowest BCUT2D eigenvalue weighted by Gasteiger charge is -2.28. The topological polar surface area (TPSA) is 122 Å². The number of rotatable bonds is 7. The van der Waals surface area contributed by atoms with Crippen LogP contribution in [0.1, 0.15) is 27.6 Å². The van der Waals surface area contributed by atoms with E-state index in [1.54, 1.807) is 24.4 Å². The minimum absolute atomic E-state index is 0.309. The fraction of sp³-hybridized carbons (Fsp3) is 0.304. The van der Waals surface area contributed by atoms with E-state index in [1.165, 1.54) is 24.5 Å². The molecule has 0 spiro atoms. The number of amidine groups is 1. The molecule has 4 rings (SSSR count). The number of nitrogens with one attached hydrogen (secondary N) is 2. The molecule has 0 saturated carbocycles. The molecule has 0 radical (unpaired) electrons. The zero-order valence-electron chi connectivity index (χ0n) is 18.8. The number of carbonyl (C=O) groups is 2. The van der Waals surface area contributed by atoms with Crippen LogP contribution in [0, 0.1) is 0 Å². The number of benzene rings is 1. The highest BCUT2D eigenvalue weighted by Crippen LogP contribution is 2.38. The van der Waals surface area contributed by atoms with Gasteiger partial charge in [-0.15, -0.1) is 11.3 Å². The Balaban J connectivity index is 1.66. The average Bonchev–Trinajstić information content (AvgIpc) is 3.37. The van der Waals surface area contributed by atoms with E-state index in [1.807, 2.05) is 0 Å². The normalized spacial score (nSPS) is 22.3. The van der Waals surface area contributed by atoms with E-state index in [0.717, 1.165) is 11.0 Å². The minimum Gasteiger partial charge on any atom is -0.478 e. The van der Waals surface area contributed by atoms with E-state index in [4.69, 9.17) is 42.8 Å². The van der Waals surface area contributed by atoms with Gasteiger partial charge in [0.15, 0.2) is 10.8 Å². The number of methoxy groups -OCH3 is 1. The van der Waals surface area contributed by atoms with E-state index in [0.29, 0.717) is 56.1 Å². The molecule has 0 aliphatic carbocycles. The highest BCUT2D eigenvalue weighted by molar-refractivity contribution is 9.09. The molecule has 36 heavy (non-hydrogen) atoms. The Labute approximate surface area is 229 Å². The first-order valence-electron chi connectivity index (χ1n) is 10.7. The van der Waals surface area contributed by atoms with Gasteiger partial charge in [0.25, 0.3) is 0 Å². The van der Waals surface area contributed by atoms with E-state index in [9.17, 15) is 9.59 Å². The van der Waals surface area contributed by atoms with E-state index >= 15 is 0 Å². The molecule has 0 bridgehead atoms. The smallest absolute Gasteiger partial charge is 0.338 e. The van der Waals surface area contributed by atoms with Crippen molar-refractivity contribution in [2.24, 2.45) is 4.99 Å². The Hall–Kier alpha value is -2.28. The van der Waals surface area contributed by atoms with Crippen LogP contribution in [0.5, 0.6) is 0 Å². The number of nitrogens with zero attached hydrogens (tertiary/aromatic N) is 2. The Morgan fingerprint density at radius 2 is 2.17 bits per heavy atom. The maximum Gasteiger partial charge on any atom is 0.338 e. The molecule has 3 heterocycles. The number of thiazole rings is 1. The Morgan fingerprint density at radius 1 is 1.36 bits per heavy atom. The van der Waals surface area contributed by atoms with Crippen LogP contribution < -0.4 is 10.6 Å². The third-order valence-electron chi connectivity index (χ3n) is 5.43. The number of carboxylic acid groups (broad SMARTS) is 1. The molecule has 1 saturated heterocycles. The van der Waals surface area contributed by atoms with Crippen molar-refractivity contribution >= 4 is 68.2 Å². The molecule has 0 amide bonds. The van der Waals surface area contributed by atoms with Gasteiger partial charge in [-0.3, -0.25) is 4.99 Å². The number of ether oxygens (including phenoxy) is 2. The van der Waals surface area contributed by atoms with Crippen molar-refractivity contribution in [2.75, 3.05) is 25.5 Å². The lowest BCUT2D eigenvalue weighted by Crippen LogP contribution is -2.39. The van der Waals surface area contributed by atoms with Crippen LogP contribution in [0.25, 0.3) is 0 Å². The van der Waals surface area contributed by atoms with Gasteiger partial charge in [-0.2, -0.15) is 0 Å². The van der Waals surface area contributed by atoms with E-state index in [2.05, 4.69) is 31.5 Å². The molecule has 1 unspecified atom stereocenters. The molecular formula is C23H21BrCl2N4O5S. The summed E-state index contributed by atoms with van der Waals surface area (Å²) < 4.78 is 11.1. The monoisotopic (exact) mass is 614 g/mol. The summed E-state index contributed by atoms with van der Waals surface area (Å²) in [5.41, 5.74) is 1.50. The van der Waals surface area contributed by atoms with E-state index < -0.39 is 18.0 Å². The molecule has 13 heteroatoms. The van der Waals surface area contributed by atoms with Gasteiger partial charge < -0.3 is 25.2 Å². The molecule has 2 aromatic rings. The second kappa shape index (κ2) is 11.8. The number of morpholine rings is 1. The average molecular weight is 616 g/mol. The summed E-state index contributed by atoms with van der Waals surface area (Å²) in [6.45, 7) is 1.07. The number of alkyl halides is 1. The summed E-state index contributed by atoms with van der Waals surface area (Å²) >= 11 is 17.4. The van der Waals surface area contributed by atoms with Gasteiger partial charge in [0, 0.05) is 52.0 Å². The van der Waals surface area contributed by atoms with Gasteiger partial charge in [-0.05, 0) is 18.2 Å². The molecule has 3 atom stereocenters. The second-order valence-electron chi connectivity index (χ2n) is 7.78. The fourth-order valence-electron chi connectivity index (χ4n) is 3.79. The Kier molecular flexibility index (Phi) is 8.81.